The number of unbranched alkanes of at least 4 members (excludes halogenated alkanes) is 1. The molecule has 1 aromatic carbocycles. The van der Waals surface area contributed by atoms with E-state index in [1.165, 1.54) is 0 Å². The van der Waals surface area contributed by atoms with E-state index in [1.807, 2.05) is 47.6 Å². The highest BCUT2D eigenvalue weighted by Crippen LogP contribution is 2.33. The molecule has 0 unspecified atom stereocenters. The summed E-state index contributed by atoms with van der Waals surface area (Å²) in [7, 11) is 0. The number of carbonyl (C=O) groups excluding carboxylic acids is 1. The molecule has 5 nitrogen and oxygen atoms in total. The first-order chi connectivity index (χ1) is 11.5. The molecule has 24 heavy (non-hydrogen) atoms. The minimum atomic E-state index is 0.00941. The normalized spacial score (nSPS) is 13.7. The number of benzene rings is 1. The maximum absolute atomic E-state index is 12.5. The molecule has 2 heterocycles. The van der Waals surface area contributed by atoms with Crippen LogP contribution in [0.25, 0.3) is 11.3 Å². The lowest BCUT2D eigenvalue weighted by Gasteiger charge is -2.15. The standard InChI is InChI=1S/C18H22BrN3O2/c1-4-5-10-21-11-22-15(16(19)20-17(22)18(21)23)13-6-8-14(9-7-13)24-12(2)3/h6-9,12H,4-5,10-11H2,1-3H3. The van der Waals surface area contributed by atoms with Gasteiger partial charge in [0.15, 0.2) is 0 Å². The van der Waals surface area contributed by atoms with Gasteiger partial charge in [-0.15, -0.1) is 0 Å². The predicted octanol–water partition coefficient (Wildman–Crippen LogP) is 4.31. The van der Waals surface area contributed by atoms with Crippen LogP contribution < -0.4 is 4.74 Å². The fraction of sp³-hybridized carbons (Fsp3) is 0.444. The fourth-order valence-corrected chi connectivity index (χ4v) is 3.47. The van der Waals surface area contributed by atoms with Crippen molar-refractivity contribution in [1.29, 1.82) is 0 Å². The summed E-state index contributed by atoms with van der Waals surface area (Å²) < 4.78 is 8.38. The number of imidazole rings is 1. The molecule has 3 rings (SSSR count). The second kappa shape index (κ2) is 6.97. The largest absolute Gasteiger partial charge is 0.491 e. The number of nitrogens with zero attached hydrogens (tertiary/aromatic N) is 3. The van der Waals surface area contributed by atoms with Crippen molar-refractivity contribution >= 4 is 21.8 Å². The number of hydrogen-bond donors (Lipinski definition) is 0. The third kappa shape index (κ3) is 3.20. The molecule has 0 bridgehead atoms. The molecule has 0 saturated heterocycles. The van der Waals surface area contributed by atoms with E-state index >= 15 is 0 Å². The molecule has 0 fully saturated rings. The molecule has 1 aliphatic rings. The van der Waals surface area contributed by atoms with E-state index < -0.39 is 0 Å². The fourth-order valence-electron chi connectivity index (χ4n) is 2.86. The molecule has 1 aliphatic heterocycles. The van der Waals surface area contributed by atoms with E-state index in [0.29, 0.717) is 17.1 Å². The van der Waals surface area contributed by atoms with Crippen molar-refractivity contribution in [3.05, 3.63) is 34.7 Å². The summed E-state index contributed by atoms with van der Waals surface area (Å²) in [6, 6.07) is 7.92. The zero-order chi connectivity index (χ0) is 17.3. The van der Waals surface area contributed by atoms with Crippen LogP contribution in [0.4, 0.5) is 0 Å². The molecule has 1 amide bonds. The number of rotatable bonds is 6. The van der Waals surface area contributed by atoms with E-state index in [4.69, 9.17) is 4.74 Å². The number of aromatic nitrogens is 2. The van der Waals surface area contributed by atoms with Crippen LogP contribution >= 0.6 is 15.9 Å². The summed E-state index contributed by atoms with van der Waals surface area (Å²) >= 11 is 3.50. The van der Waals surface area contributed by atoms with Crippen LogP contribution in [0, 0.1) is 0 Å². The maximum Gasteiger partial charge on any atom is 0.291 e. The summed E-state index contributed by atoms with van der Waals surface area (Å²) in [4.78, 5) is 18.8. The average Bonchev–Trinajstić information content (AvgIpc) is 3.01. The Labute approximate surface area is 150 Å². The predicted molar refractivity (Wildman–Crippen MR) is 97.1 cm³/mol. The third-order valence-electron chi connectivity index (χ3n) is 4.00. The Balaban J connectivity index is 1.88. The van der Waals surface area contributed by atoms with Crippen LogP contribution in [-0.4, -0.2) is 33.0 Å². The Morgan fingerprint density at radius 2 is 2.00 bits per heavy atom. The molecule has 0 aliphatic carbocycles. The molecule has 1 aromatic heterocycles. The average molecular weight is 392 g/mol. The molecule has 0 saturated carbocycles. The Bertz CT molecular complexity index is 737. The summed E-state index contributed by atoms with van der Waals surface area (Å²) in [6.45, 7) is 7.47. The van der Waals surface area contributed by atoms with Gasteiger partial charge in [-0.25, -0.2) is 4.98 Å². The van der Waals surface area contributed by atoms with Gasteiger partial charge in [0.25, 0.3) is 5.91 Å². The van der Waals surface area contributed by atoms with Crippen molar-refractivity contribution in [3.8, 4) is 17.0 Å². The van der Waals surface area contributed by atoms with E-state index in [2.05, 4.69) is 27.8 Å². The quantitative estimate of drug-likeness (QED) is 0.736. The summed E-state index contributed by atoms with van der Waals surface area (Å²) in [6.07, 6.45) is 2.22. The summed E-state index contributed by atoms with van der Waals surface area (Å²) in [5, 5.41) is 0. The van der Waals surface area contributed by atoms with Crippen molar-refractivity contribution in [1.82, 2.24) is 14.5 Å². The van der Waals surface area contributed by atoms with Gasteiger partial charge in [-0.2, -0.15) is 0 Å². The molecule has 2 aromatic rings. The van der Waals surface area contributed by atoms with Gasteiger partial charge < -0.3 is 14.2 Å². The van der Waals surface area contributed by atoms with Crippen LogP contribution in [0.5, 0.6) is 5.75 Å². The Hall–Kier alpha value is -1.82. The van der Waals surface area contributed by atoms with E-state index in [9.17, 15) is 4.79 Å². The van der Waals surface area contributed by atoms with Crippen LogP contribution in [0.2, 0.25) is 0 Å². The lowest BCUT2D eigenvalue weighted by molar-refractivity contribution is 0.0763. The number of ether oxygens (including phenoxy) is 1. The number of halogens is 1. The number of amides is 1. The van der Waals surface area contributed by atoms with Crippen LogP contribution in [-0.2, 0) is 6.67 Å². The molecule has 0 radical (unpaired) electrons. The van der Waals surface area contributed by atoms with Gasteiger partial charge in [0.1, 0.15) is 10.4 Å². The van der Waals surface area contributed by atoms with Crippen LogP contribution in [0.15, 0.2) is 28.9 Å². The van der Waals surface area contributed by atoms with Crippen molar-refractivity contribution in [2.75, 3.05) is 6.54 Å². The number of hydrogen-bond acceptors (Lipinski definition) is 3. The van der Waals surface area contributed by atoms with Gasteiger partial charge in [0, 0.05) is 12.1 Å². The smallest absolute Gasteiger partial charge is 0.291 e. The maximum atomic E-state index is 12.5. The molecular formula is C18H22BrN3O2. The molecule has 0 atom stereocenters. The van der Waals surface area contributed by atoms with Crippen molar-refractivity contribution in [2.45, 2.75) is 46.4 Å². The van der Waals surface area contributed by atoms with Crippen molar-refractivity contribution in [2.24, 2.45) is 0 Å². The van der Waals surface area contributed by atoms with E-state index in [-0.39, 0.29) is 12.0 Å². The topological polar surface area (TPSA) is 47.4 Å². The SMILES string of the molecule is CCCCN1Cn2c(nc(Br)c2-c2ccc(OC(C)C)cc2)C1=O. The van der Waals surface area contributed by atoms with Gasteiger partial charge in [-0.3, -0.25) is 4.79 Å². The van der Waals surface area contributed by atoms with E-state index in [1.54, 1.807) is 0 Å². The lowest BCUT2D eigenvalue weighted by Crippen LogP contribution is -2.26. The highest BCUT2D eigenvalue weighted by Gasteiger charge is 2.32. The summed E-state index contributed by atoms with van der Waals surface area (Å²) in [5.41, 5.74) is 1.95. The first-order valence-corrected chi connectivity index (χ1v) is 9.13. The zero-order valence-corrected chi connectivity index (χ0v) is 15.8. The Morgan fingerprint density at radius 1 is 1.29 bits per heavy atom. The third-order valence-corrected chi connectivity index (χ3v) is 4.55. The van der Waals surface area contributed by atoms with Crippen LogP contribution in [0.3, 0.4) is 0 Å². The minimum Gasteiger partial charge on any atom is -0.491 e. The number of fused-ring (bicyclic) bond motifs is 1. The summed E-state index contributed by atoms with van der Waals surface area (Å²) in [5.74, 6) is 1.36. The molecule has 0 spiro atoms. The first-order valence-electron chi connectivity index (χ1n) is 8.33. The van der Waals surface area contributed by atoms with Crippen molar-refractivity contribution < 1.29 is 9.53 Å². The molecular weight excluding hydrogens is 370 g/mol. The van der Waals surface area contributed by atoms with E-state index in [0.717, 1.165) is 36.4 Å². The first kappa shape index (κ1) is 17.0. The Morgan fingerprint density at radius 3 is 2.62 bits per heavy atom. The minimum absolute atomic E-state index is 0.00941. The highest BCUT2D eigenvalue weighted by atomic mass is 79.9. The van der Waals surface area contributed by atoms with Crippen molar-refractivity contribution in [3.63, 3.8) is 0 Å². The van der Waals surface area contributed by atoms with Gasteiger partial charge >= 0.3 is 0 Å². The molecule has 6 heteroatoms. The second-order valence-corrected chi connectivity index (χ2v) is 7.01. The van der Waals surface area contributed by atoms with Gasteiger partial charge in [-0.1, -0.05) is 13.3 Å². The zero-order valence-electron chi connectivity index (χ0n) is 14.3. The molecule has 128 valence electrons. The Kier molecular flexibility index (Phi) is 4.94. The number of carbonyl (C=O) groups is 1. The highest BCUT2D eigenvalue weighted by molar-refractivity contribution is 9.10. The lowest BCUT2D eigenvalue weighted by atomic mass is 10.1. The van der Waals surface area contributed by atoms with Gasteiger partial charge in [0.05, 0.1) is 18.5 Å². The van der Waals surface area contributed by atoms with Gasteiger partial charge in [-0.05, 0) is 60.5 Å². The van der Waals surface area contributed by atoms with Crippen LogP contribution in [0.1, 0.15) is 44.2 Å². The second-order valence-electron chi connectivity index (χ2n) is 6.26. The monoisotopic (exact) mass is 391 g/mol. The van der Waals surface area contributed by atoms with Gasteiger partial charge in [0.2, 0.25) is 5.82 Å². The molecule has 0 N–H and O–H groups in total.